The van der Waals surface area contributed by atoms with E-state index in [9.17, 15) is 0 Å². The molecule has 0 amide bonds. The number of aromatic nitrogens is 2. The van der Waals surface area contributed by atoms with Crippen molar-refractivity contribution in [3.63, 3.8) is 0 Å². The molecule has 0 spiro atoms. The van der Waals surface area contributed by atoms with E-state index >= 15 is 0 Å². The molecular formula is C15H17BrN2OS. The number of nitrogens with zero attached hydrogens (tertiary/aromatic N) is 2. The van der Waals surface area contributed by atoms with Crippen molar-refractivity contribution >= 4 is 27.3 Å². The maximum atomic E-state index is 5.14. The highest BCUT2D eigenvalue weighted by atomic mass is 79.9. The molecule has 1 aliphatic carbocycles. The van der Waals surface area contributed by atoms with Gasteiger partial charge in [-0.15, -0.1) is 11.3 Å². The summed E-state index contributed by atoms with van der Waals surface area (Å²) in [5.74, 6) is 0.625. The third kappa shape index (κ3) is 3.04. The van der Waals surface area contributed by atoms with Gasteiger partial charge in [-0.3, -0.25) is 0 Å². The van der Waals surface area contributed by atoms with E-state index in [1.165, 1.54) is 30.6 Å². The summed E-state index contributed by atoms with van der Waals surface area (Å²) in [5.41, 5.74) is 2.56. The molecular weight excluding hydrogens is 336 g/mol. The van der Waals surface area contributed by atoms with Gasteiger partial charge in [-0.05, 0) is 37.3 Å². The number of thiophene rings is 1. The van der Waals surface area contributed by atoms with Gasteiger partial charge < -0.3 is 4.74 Å². The Kier molecular flexibility index (Phi) is 4.36. The van der Waals surface area contributed by atoms with E-state index in [-0.39, 0.29) is 0 Å². The van der Waals surface area contributed by atoms with Gasteiger partial charge >= 0.3 is 0 Å². The van der Waals surface area contributed by atoms with Gasteiger partial charge in [0, 0.05) is 27.9 Å². The minimum Gasteiger partial charge on any atom is -0.481 e. The molecule has 2 heterocycles. The van der Waals surface area contributed by atoms with E-state index in [4.69, 9.17) is 4.74 Å². The van der Waals surface area contributed by atoms with Gasteiger partial charge in [-0.1, -0.05) is 15.9 Å². The molecule has 0 aliphatic heterocycles. The first-order valence-electron chi connectivity index (χ1n) is 6.86. The summed E-state index contributed by atoms with van der Waals surface area (Å²) < 4.78 is 5.14. The first-order chi connectivity index (χ1) is 9.76. The lowest BCUT2D eigenvalue weighted by molar-refractivity contribution is 0.396. The number of ether oxygens (including phenoxy) is 1. The zero-order valence-corrected chi connectivity index (χ0v) is 13.8. The largest absolute Gasteiger partial charge is 0.481 e. The van der Waals surface area contributed by atoms with Gasteiger partial charge in [0.25, 0.3) is 0 Å². The summed E-state index contributed by atoms with van der Waals surface area (Å²) in [6, 6.07) is 4.28. The van der Waals surface area contributed by atoms with Crippen LogP contribution in [0.15, 0.2) is 18.5 Å². The first kappa shape index (κ1) is 14.0. The Morgan fingerprint density at radius 2 is 2.15 bits per heavy atom. The zero-order valence-electron chi connectivity index (χ0n) is 11.4. The molecule has 1 atom stereocenters. The Bertz CT molecular complexity index is 576. The quantitative estimate of drug-likeness (QED) is 0.776. The summed E-state index contributed by atoms with van der Waals surface area (Å²) in [7, 11) is 1.63. The number of fused-ring (bicyclic) bond motifs is 1. The Morgan fingerprint density at radius 3 is 2.95 bits per heavy atom. The van der Waals surface area contributed by atoms with Crippen LogP contribution in [-0.4, -0.2) is 17.1 Å². The Morgan fingerprint density at radius 1 is 1.30 bits per heavy atom. The van der Waals surface area contributed by atoms with Crippen LogP contribution < -0.4 is 4.74 Å². The Labute approximate surface area is 131 Å². The van der Waals surface area contributed by atoms with E-state index < -0.39 is 0 Å². The third-order valence-corrected chi connectivity index (χ3v) is 6.09. The fraction of sp³-hybridized carbons (Fsp3) is 0.467. The minimum absolute atomic E-state index is 0.317. The average Bonchev–Trinajstić information content (AvgIpc) is 2.91. The molecule has 0 radical (unpaired) electrons. The van der Waals surface area contributed by atoms with Crippen LogP contribution >= 0.6 is 27.3 Å². The van der Waals surface area contributed by atoms with Crippen LogP contribution in [0.1, 0.15) is 38.7 Å². The predicted octanol–water partition coefficient (Wildman–Crippen LogP) is 4.10. The van der Waals surface area contributed by atoms with Gasteiger partial charge in [0.05, 0.1) is 11.9 Å². The standard InChI is InChI=1S/C15H17BrN2OS/c1-19-15-8-11(17-9-18-15)7-12(16)14-6-10-4-2-3-5-13(10)20-14/h6,8-9,12H,2-5,7H2,1H3. The van der Waals surface area contributed by atoms with Crippen LogP contribution in [0.4, 0.5) is 0 Å². The number of rotatable bonds is 4. The van der Waals surface area contributed by atoms with Gasteiger partial charge in [0.1, 0.15) is 6.33 Å². The van der Waals surface area contributed by atoms with Crippen molar-refractivity contribution < 1.29 is 4.74 Å². The summed E-state index contributed by atoms with van der Waals surface area (Å²) in [6.45, 7) is 0. The van der Waals surface area contributed by atoms with Gasteiger partial charge in [0.2, 0.25) is 5.88 Å². The van der Waals surface area contributed by atoms with Gasteiger partial charge in [-0.25, -0.2) is 9.97 Å². The number of hydrogen-bond donors (Lipinski definition) is 0. The topological polar surface area (TPSA) is 35.0 Å². The van der Waals surface area contributed by atoms with E-state index in [0.29, 0.717) is 10.7 Å². The molecule has 0 saturated heterocycles. The van der Waals surface area contributed by atoms with Crippen molar-refractivity contribution in [2.24, 2.45) is 0 Å². The van der Waals surface area contributed by atoms with Crippen LogP contribution in [0.5, 0.6) is 5.88 Å². The van der Waals surface area contributed by atoms with E-state index in [0.717, 1.165) is 12.1 Å². The molecule has 2 aromatic heterocycles. The highest BCUT2D eigenvalue weighted by molar-refractivity contribution is 9.09. The average molecular weight is 353 g/mol. The van der Waals surface area contributed by atoms with Crippen LogP contribution in [0.25, 0.3) is 0 Å². The van der Waals surface area contributed by atoms with E-state index in [2.05, 4.69) is 32.0 Å². The highest BCUT2D eigenvalue weighted by Gasteiger charge is 2.18. The van der Waals surface area contributed by atoms with Crippen LogP contribution in [0.3, 0.4) is 0 Å². The van der Waals surface area contributed by atoms with Gasteiger partial charge in [0.15, 0.2) is 0 Å². The molecule has 3 rings (SSSR count). The number of hydrogen-bond acceptors (Lipinski definition) is 4. The molecule has 1 aliphatic rings. The molecule has 2 aromatic rings. The number of alkyl halides is 1. The zero-order chi connectivity index (χ0) is 13.9. The van der Waals surface area contributed by atoms with Crippen LogP contribution in [0.2, 0.25) is 0 Å². The number of halogens is 1. The van der Waals surface area contributed by atoms with Crippen LogP contribution in [0, 0.1) is 0 Å². The smallest absolute Gasteiger partial charge is 0.216 e. The first-order valence-corrected chi connectivity index (χ1v) is 8.60. The Hall–Kier alpha value is -0.940. The van der Waals surface area contributed by atoms with Crippen molar-refractivity contribution in [1.29, 1.82) is 0 Å². The second-order valence-electron chi connectivity index (χ2n) is 5.03. The molecule has 0 saturated carbocycles. The minimum atomic E-state index is 0.317. The molecule has 0 bridgehead atoms. The highest BCUT2D eigenvalue weighted by Crippen LogP contribution is 2.37. The fourth-order valence-electron chi connectivity index (χ4n) is 2.55. The maximum Gasteiger partial charge on any atom is 0.216 e. The molecule has 0 fully saturated rings. The van der Waals surface area contributed by atoms with Gasteiger partial charge in [-0.2, -0.15) is 0 Å². The molecule has 0 N–H and O–H groups in total. The second-order valence-corrected chi connectivity index (χ2v) is 7.30. The Balaban J connectivity index is 1.75. The molecule has 3 nitrogen and oxygen atoms in total. The molecule has 106 valence electrons. The lowest BCUT2D eigenvalue weighted by Gasteiger charge is -2.08. The number of methoxy groups -OCH3 is 1. The third-order valence-electron chi connectivity index (χ3n) is 3.62. The molecule has 1 unspecified atom stereocenters. The van der Waals surface area contributed by atoms with E-state index in [1.54, 1.807) is 23.9 Å². The normalized spacial score (nSPS) is 15.7. The lowest BCUT2D eigenvalue weighted by atomic mass is 9.99. The summed E-state index contributed by atoms with van der Waals surface area (Å²) >= 11 is 5.76. The van der Waals surface area contributed by atoms with Crippen molar-refractivity contribution in [3.8, 4) is 5.88 Å². The monoisotopic (exact) mass is 352 g/mol. The maximum absolute atomic E-state index is 5.14. The molecule has 20 heavy (non-hydrogen) atoms. The second kappa shape index (κ2) is 6.22. The summed E-state index contributed by atoms with van der Waals surface area (Å²) in [5, 5.41) is 0. The van der Waals surface area contributed by atoms with Crippen molar-refractivity contribution in [2.75, 3.05) is 7.11 Å². The van der Waals surface area contributed by atoms with Crippen molar-refractivity contribution in [1.82, 2.24) is 9.97 Å². The summed E-state index contributed by atoms with van der Waals surface area (Å²) in [6.07, 6.45) is 7.59. The van der Waals surface area contributed by atoms with Crippen molar-refractivity contribution in [3.05, 3.63) is 39.5 Å². The lowest BCUT2D eigenvalue weighted by Crippen LogP contribution is -1.98. The molecule has 5 heteroatoms. The summed E-state index contributed by atoms with van der Waals surface area (Å²) in [4.78, 5) is 11.7. The fourth-order valence-corrected chi connectivity index (χ4v) is 4.53. The SMILES string of the molecule is COc1cc(CC(Br)c2cc3c(s2)CCCC3)ncn1. The van der Waals surface area contributed by atoms with E-state index in [1.807, 2.05) is 17.4 Å². The van der Waals surface area contributed by atoms with Crippen LogP contribution in [-0.2, 0) is 19.3 Å². The number of aryl methyl sites for hydroxylation is 2. The molecule has 0 aromatic carbocycles. The van der Waals surface area contributed by atoms with Crippen molar-refractivity contribution in [2.45, 2.75) is 36.9 Å². The predicted molar refractivity (Wildman–Crippen MR) is 84.9 cm³/mol.